The molecule has 3 nitrogen and oxygen atoms in total. The summed E-state index contributed by atoms with van der Waals surface area (Å²) in [5.74, 6) is 0.0544. The Bertz CT molecular complexity index is 2000. The molecule has 0 radical (unpaired) electrons. The Morgan fingerprint density at radius 1 is 0.906 bits per heavy atom. The third kappa shape index (κ3) is 11.4. The van der Waals surface area contributed by atoms with E-state index >= 15 is 0 Å². The summed E-state index contributed by atoms with van der Waals surface area (Å²) in [5.41, 5.74) is 11.8. The minimum atomic E-state index is -0.0345. The molecule has 3 aromatic rings. The van der Waals surface area contributed by atoms with Crippen LogP contribution in [-0.4, -0.2) is 25.5 Å². The fourth-order valence-corrected chi connectivity index (χ4v) is 6.96. The summed E-state index contributed by atoms with van der Waals surface area (Å²) in [6, 6.07) is 24.2. The molecule has 0 spiro atoms. The van der Waals surface area contributed by atoms with E-state index in [1.165, 1.54) is 55.3 Å². The van der Waals surface area contributed by atoms with Crippen molar-refractivity contribution in [1.82, 2.24) is 5.32 Å². The van der Waals surface area contributed by atoms with Crippen LogP contribution in [0.3, 0.4) is 0 Å². The van der Waals surface area contributed by atoms with Gasteiger partial charge >= 0.3 is 0 Å². The van der Waals surface area contributed by atoms with Crippen molar-refractivity contribution >= 4 is 35.4 Å². The molecule has 0 saturated carbocycles. The average Bonchev–Trinajstić information content (AvgIpc) is 3.21. The number of nitrogens with zero attached hydrogens (tertiary/aromatic N) is 2. The average molecular weight is 700 g/mol. The zero-order chi connectivity index (χ0) is 37.3. The molecule has 3 aromatic carbocycles. The first-order valence-corrected chi connectivity index (χ1v) is 19.4. The molecule has 53 heavy (non-hydrogen) atoms. The van der Waals surface area contributed by atoms with E-state index < -0.39 is 0 Å². The molecule has 0 fully saturated rings. The number of allylic oxidation sites excluding steroid dienone is 10. The highest BCUT2D eigenvalue weighted by atomic mass is 14.9. The van der Waals surface area contributed by atoms with Crippen LogP contribution in [0.25, 0.3) is 22.4 Å². The zero-order valence-corrected chi connectivity index (χ0v) is 32.1. The monoisotopic (exact) mass is 699 g/mol. The summed E-state index contributed by atoms with van der Waals surface area (Å²) in [7, 11) is 0. The zero-order valence-electron chi connectivity index (χ0n) is 32.1. The number of rotatable bonds is 18. The molecule has 3 heteroatoms. The molecule has 5 rings (SSSR count). The van der Waals surface area contributed by atoms with Crippen LogP contribution in [0, 0.1) is 5.92 Å². The van der Waals surface area contributed by atoms with E-state index in [9.17, 15) is 0 Å². The molecule has 0 aromatic heterocycles. The van der Waals surface area contributed by atoms with Gasteiger partial charge in [0.1, 0.15) is 0 Å². The van der Waals surface area contributed by atoms with E-state index in [1.807, 2.05) is 18.5 Å². The van der Waals surface area contributed by atoms with Gasteiger partial charge in [0.05, 0.1) is 6.04 Å². The Hall–Kier alpha value is -5.12. The van der Waals surface area contributed by atoms with Gasteiger partial charge in [-0.05, 0) is 120 Å². The van der Waals surface area contributed by atoms with Crippen LogP contribution in [0.1, 0.15) is 82.4 Å². The molecule has 1 N–H and O–H groups in total. The van der Waals surface area contributed by atoms with Crippen molar-refractivity contribution in [2.24, 2.45) is 15.9 Å². The molecule has 2 atom stereocenters. The van der Waals surface area contributed by atoms with Gasteiger partial charge in [-0.25, -0.2) is 0 Å². The topological polar surface area (TPSA) is 36.8 Å². The van der Waals surface area contributed by atoms with Gasteiger partial charge in [-0.2, -0.15) is 0 Å². The van der Waals surface area contributed by atoms with Crippen molar-refractivity contribution in [2.45, 2.75) is 78.2 Å². The van der Waals surface area contributed by atoms with E-state index in [1.54, 1.807) is 0 Å². The van der Waals surface area contributed by atoms with Gasteiger partial charge in [0.25, 0.3) is 0 Å². The van der Waals surface area contributed by atoms with Gasteiger partial charge in [0.2, 0.25) is 0 Å². The highest BCUT2D eigenvalue weighted by Gasteiger charge is 2.19. The Labute approximate surface area is 319 Å². The van der Waals surface area contributed by atoms with Gasteiger partial charge in [-0.15, -0.1) is 6.58 Å². The normalized spacial score (nSPS) is 16.8. The largest absolute Gasteiger partial charge is 0.303 e. The molecule has 0 bridgehead atoms. The lowest BCUT2D eigenvalue weighted by molar-refractivity contribution is 0.667. The summed E-state index contributed by atoms with van der Waals surface area (Å²) in [6.45, 7) is 15.6. The van der Waals surface area contributed by atoms with E-state index in [2.05, 4.69) is 171 Å². The second kappa shape index (κ2) is 20.8. The van der Waals surface area contributed by atoms with Crippen molar-refractivity contribution in [2.75, 3.05) is 6.54 Å². The minimum Gasteiger partial charge on any atom is -0.303 e. The van der Waals surface area contributed by atoms with Crippen molar-refractivity contribution < 1.29 is 0 Å². The second-order valence-corrected chi connectivity index (χ2v) is 13.9. The summed E-state index contributed by atoms with van der Waals surface area (Å²) < 4.78 is 0. The maximum Gasteiger partial charge on any atom is 0.0526 e. The highest BCUT2D eigenvalue weighted by molar-refractivity contribution is 5.87. The predicted octanol–water partition coefficient (Wildman–Crippen LogP) is 12.9. The van der Waals surface area contributed by atoms with Gasteiger partial charge < -0.3 is 5.32 Å². The van der Waals surface area contributed by atoms with Crippen LogP contribution >= 0.6 is 0 Å². The SMILES string of the molecule is C=CC(C/C=C/C/C=N\C=C/CC)/C(=C/C(NC/C(=C/C=C(\C)C1=Cc2ccccc2CC1)CC)C1=CCCC(c2ccc3ccccc3c2)=C1)N=C. The van der Waals surface area contributed by atoms with Gasteiger partial charge in [-0.3, -0.25) is 9.98 Å². The fourth-order valence-electron chi connectivity index (χ4n) is 6.96. The number of fused-ring (bicyclic) bond motifs is 2. The molecule has 272 valence electrons. The molecular weight excluding hydrogens is 643 g/mol. The lowest BCUT2D eigenvalue weighted by Crippen LogP contribution is -2.31. The van der Waals surface area contributed by atoms with E-state index in [-0.39, 0.29) is 12.0 Å². The number of benzene rings is 3. The van der Waals surface area contributed by atoms with Crippen LogP contribution in [0.5, 0.6) is 0 Å². The lowest BCUT2D eigenvalue weighted by Gasteiger charge is -2.24. The third-order valence-electron chi connectivity index (χ3n) is 10.3. The van der Waals surface area contributed by atoms with Crippen LogP contribution < -0.4 is 5.32 Å². The fraction of sp³-hybridized carbons (Fsp3) is 0.280. The summed E-state index contributed by atoms with van der Waals surface area (Å²) in [5, 5.41) is 6.48. The minimum absolute atomic E-state index is 0.0345. The Kier molecular flexibility index (Phi) is 15.3. The summed E-state index contributed by atoms with van der Waals surface area (Å²) >= 11 is 0. The molecule has 0 amide bonds. The number of nitrogens with one attached hydrogen (secondary N) is 1. The number of aryl methyl sites for hydroxylation is 1. The highest BCUT2D eigenvalue weighted by Crippen LogP contribution is 2.32. The molecular formula is C50H57N3. The quantitative estimate of drug-likeness (QED) is 0.0801. The standard InChI is InChI=1S/C50H57N3/c1-6-9-31-52-32-16-10-11-18-40(8-3)49(51-5)36-50(48-24-17-23-46(35-48)47-30-28-42-20-13-15-22-45(42)34-47)53-37-39(7-2)26-25-38(4)43-29-27-41-19-12-14-21-44(41)33-43/h8-15,19-22,24-26,28,30-36,40,50,53H,3,5-7,16-18,23,27,29,37H2,1-2,4H3/b11-10+,31-9-,38-25+,39-26+,49-36-,52-32-. The molecule has 2 aliphatic rings. The number of hydrogen-bond donors (Lipinski definition) is 1. The first kappa shape index (κ1) is 39.1. The first-order valence-electron chi connectivity index (χ1n) is 19.4. The van der Waals surface area contributed by atoms with Crippen LogP contribution in [0.2, 0.25) is 0 Å². The summed E-state index contributed by atoms with van der Waals surface area (Å²) in [6.07, 6.45) is 34.0. The van der Waals surface area contributed by atoms with Gasteiger partial charge in [-0.1, -0.05) is 135 Å². The smallest absolute Gasteiger partial charge is 0.0526 e. The lowest BCUT2D eigenvalue weighted by atomic mass is 9.88. The van der Waals surface area contributed by atoms with Crippen molar-refractivity contribution in [3.63, 3.8) is 0 Å². The van der Waals surface area contributed by atoms with Crippen LogP contribution in [-0.2, 0) is 6.42 Å². The number of aliphatic imine (C=N–C) groups is 2. The molecule has 0 aliphatic heterocycles. The predicted molar refractivity (Wildman–Crippen MR) is 234 cm³/mol. The second-order valence-electron chi connectivity index (χ2n) is 13.9. The van der Waals surface area contributed by atoms with Crippen LogP contribution in [0.15, 0.2) is 172 Å². The molecule has 2 unspecified atom stereocenters. The Balaban J connectivity index is 1.39. The maximum absolute atomic E-state index is 4.58. The van der Waals surface area contributed by atoms with Crippen molar-refractivity contribution in [3.05, 3.63) is 179 Å². The Morgan fingerprint density at radius 3 is 2.55 bits per heavy atom. The van der Waals surface area contributed by atoms with Crippen molar-refractivity contribution in [3.8, 4) is 0 Å². The van der Waals surface area contributed by atoms with Crippen molar-refractivity contribution in [1.29, 1.82) is 0 Å². The number of hydrogen-bond acceptors (Lipinski definition) is 3. The molecule has 2 aliphatic carbocycles. The Morgan fingerprint density at radius 2 is 1.74 bits per heavy atom. The van der Waals surface area contributed by atoms with E-state index in [4.69, 9.17) is 0 Å². The third-order valence-corrected chi connectivity index (χ3v) is 10.3. The maximum atomic E-state index is 4.58. The van der Waals surface area contributed by atoms with E-state index in [0.717, 1.165) is 63.6 Å². The van der Waals surface area contributed by atoms with E-state index in [0.29, 0.717) is 0 Å². The molecule has 0 saturated heterocycles. The molecule has 0 heterocycles. The first-order chi connectivity index (χ1) is 26.0. The van der Waals surface area contributed by atoms with Crippen LogP contribution in [0.4, 0.5) is 0 Å². The summed E-state index contributed by atoms with van der Waals surface area (Å²) in [4.78, 5) is 8.91. The van der Waals surface area contributed by atoms with Gasteiger partial charge in [0.15, 0.2) is 0 Å². The van der Waals surface area contributed by atoms with Gasteiger partial charge in [0, 0.05) is 37.0 Å².